The summed E-state index contributed by atoms with van der Waals surface area (Å²) >= 11 is 1.33. The summed E-state index contributed by atoms with van der Waals surface area (Å²) in [7, 11) is 0. The number of ether oxygens (including phenoxy) is 1. The first-order chi connectivity index (χ1) is 8.58. The van der Waals surface area contributed by atoms with Crippen LogP contribution < -0.4 is 4.74 Å². The van der Waals surface area contributed by atoms with Crippen LogP contribution in [0.4, 0.5) is 8.78 Å². The standard InChI is InChI=1S/C11H7F2NO3S/c12-8-1-6(11(15)16)2-9(13)10(8)17-3-7-4-18-5-14-7/h1-2,4-5H,3H2,(H,15,16). The zero-order valence-corrected chi connectivity index (χ0v) is 9.71. The quantitative estimate of drug-likeness (QED) is 0.928. The number of hydrogen-bond acceptors (Lipinski definition) is 4. The molecule has 0 saturated carbocycles. The highest BCUT2D eigenvalue weighted by atomic mass is 32.1. The van der Waals surface area contributed by atoms with Gasteiger partial charge in [-0.2, -0.15) is 0 Å². The van der Waals surface area contributed by atoms with Gasteiger partial charge in [0.2, 0.25) is 0 Å². The van der Waals surface area contributed by atoms with Gasteiger partial charge in [-0.15, -0.1) is 11.3 Å². The molecule has 1 aromatic heterocycles. The van der Waals surface area contributed by atoms with E-state index in [0.29, 0.717) is 17.8 Å². The van der Waals surface area contributed by atoms with Gasteiger partial charge in [-0.3, -0.25) is 0 Å². The number of aromatic nitrogens is 1. The average molecular weight is 271 g/mol. The highest BCUT2D eigenvalue weighted by Gasteiger charge is 2.16. The second-order valence-electron chi connectivity index (χ2n) is 3.34. The van der Waals surface area contributed by atoms with Crippen molar-refractivity contribution in [1.82, 2.24) is 4.98 Å². The molecule has 1 aromatic carbocycles. The molecule has 0 spiro atoms. The van der Waals surface area contributed by atoms with E-state index in [4.69, 9.17) is 9.84 Å². The molecular formula is C11H7F2NO3S. The summed E-state index contributed by atoms with van der Waals surface area (Å²) in [5.41, 5.74) is 1.64. The van der Waals surface area contributed by atoms with Crippen molar-refractivity contribution in [3.63, 3.8) is 0 Å². The van der Waals surface area contributed by atoms with Gasteiger partial charge in [-0.05, 0) is 12.1 Å². The molecule has 4 nitrogen and oxygen atoms in total. The molecule has 0 unspecified atom stereocenters. The third-order valence-corrected chi connectivity index (χ3v) is 2.73. The first-order valence-corrected chi connectivity index (χ1v) is 5.74. The highest BCUT2D eigenvalue weighted by Crippen LogP contribution is 2.24. The fraction of sp³-hybridized carbons (Fsp3) is 0.0909. The Morgan fingerprint density at radius 1 is 1.39 bits per heavy atom. The molecule has 0 atom stereocenters. The number of nitrogens with zero attached hydrogens (tertiary/aromatic N) is 1. The number of carbonyl (C=O) groups is 1. The van der Waals surface area contributed by atoms with Crippen LogP contribution in [-0.4, -0.2) is 16.1 Å². The SMILES string of the molecule is O=C(O)c1cc(F)c(OCc2cscn2)c(F)c1. The largest absolute Gasteiger partial charge is 0.481 e. The lowest BCUT2D eigenvalue weighted by Gasteiger charge is -2.07. The molecule has 94 valence electrons. The van der Waals surface area contributed by atoms with Crippen LogP contribution in [0.5, 0.6) is 5.75 Å². The molecule has 7 heteroatoms. The molecule has 0 aliphatic carbocycles. The molecule has 0 radical (unpaired) electrons. The van der Waals surface area contributed by atoms with Gasteiger partial charge in [0.1, 0.15) is 6.61 Å². The minimum atomic E-state index is -1.40. The summed E-state index contributed by atoms with van der Waals surface area (Å²) < 4.78 is 31.9. The molecule has 0 bridgehead atoms. The first kappa shape index (κ1) is 12.4. The van der Waals surface area contributed by atoms with Crippen molar-refractivity contribution in [2.24, 2.45) is 0 Å². The molecule has 0 amide bonds. The van der Waals surface area contributed by atoms with Crippen molar-refractivity contribution in [2.75, 3.05) is 0 Å². The van der Waals surface area contributed by atoms with E-state index in [2.05, 4.69) is 4.98 Å². The zero-order chi connectivity index (χ0) is 13.1. The molecule has 2 aromatic rings. The molecule has 2 rings (SSSR count). The summed E-state index contributed by atoms with van der Waals surface area (Å²) in [6, 6.07) is 1.42. The van der Waals surface area contributed by atoms with Crippen LogP contribution in [0.2, 0.25) is 0 Å². The van der Waals surface area contributed by atoms with Gasteiger partial charge in [0.25, 0.3) is 0 Å². The van der Waals surface area contributed by atoms with Crippen LogP contribution in [0.25, 0.3) is 0 Å². The number of carboxylic acid groups (broad SMARTS) is 1. The minimum absolute atomic E-state index is 0.0796. The summed E-state index contributed by atoms with van der Waals surface area (Å²) in [6.07, 6.45) is 0. The molecule has 1 N–H and O–H groups in total. The number of hydrogen-bond donors (Lipinski definition) is 1. The van der Waals surface area contributed by atoms with E-state index in [1.807, 2.05) is 0 Å². The van der Waals surface area contributed by atoms with Gasteiger partial charge in [0.05, 0.1) is 16.8 Å². The zero-order valence-electron chi connectivity index (χ0n) is 8.89. The number of carboxylic acids is 1. The molecule has 18 heavy (non-hydrogen) atoms. The van der Waals surface area contributed by atoms with Gasteiger partial charge >= 0.3 is 5.97 Å². The maximum absolute atomic E-state index is 13.5. The fourth-order valence-electron chi connectivity index (χ4n) is 1.28. The van der Waals surface area contributed by atoms with Crippen LogP contribution in [0.1, 0.15) is 16.1 Å². The van der Waals surface area contributed by atoms with Gasteiger partial charge in [0, 0.05) is 5.38 Å². The Morgan fingerprint density at radius 3 is 2.56 bits per heavy atom. The fourth-order valence-corrected chi connectivity index (χ4v) is 1.82. The van der Waals surface area contributed by atoms with Crippen LogP contribution in [0.15, 0.2) is 23.0 Å². The topological polar surface area (TPSA) is 59.4 Å². The van der Waals surface area contributed by atoms with Crippen molar-refractivity contribution >= 4 is 17.3 Å². The molecular weight excluding hydrogens is 264 g/mol. The second kappa shape index (κ2) is 5.09. The average Bonchev–Trinajstić information content (AvgIpc) is 2.80. The summed E-state index contributed by atoms with van der Waals surface area (Å²) in [4.78, 5) is 14.5. The Labute approximate surface area is 104 Å². The predicted octanol–water partition coefficient (Wildman–Crippen LogP) is 2.70. The van der Waals surface area contributed by atoms with Gasteiger partial charge in [0.15, 0.2) is 17.4 Å². The highest BCUT2D eigenvalue weighted by molar-refractivity contribution is 7.07. The molecule has 0 saturated heterocycles. The van der Waals surface area contributed by atoms with Crippen molar-refractivity contribution < 1.29 is 23.4 Å². The second-order valence-corrected chi connectivity index (χ2v) is 4.06. The lowest BCUT2D eigenvalue weighted by molar-refractivity contribution is 0.0695. The van der Waals surface area contributed by atoms with Crippen molar-refractivity contribution in [3.8, 4) is 5.75 Å². The van der Waals surface area contributed by atoms with Crippen LogP contribution in [-0.2, 0) is 6.61 Å². The monoisotopic (exact) mass is 271 g/mol. The van der Waals surface area contributed by atoms with Gasteiger partial charge < -0.3 is 9.84 Å². The Hall–Kier alpha value is -2.02. The number of rotatable bonds is 4. The van der Waals surface area contributed by atoms with E-state index in [1.54, 1.807) is 10.9 Å². The Bertz CT molecular complexity index is 549. The number of halogens is 2. The number of thiazole rings is 1. The minimum Gasteiger partial charge on any atom is -0.481 e. The lowest BCUT2D eigenvalue weighted by atomic mass is 10.2. The first-order valence-electron chi connectivity index (χ1n) is 4.80. The summed E-state index contributed by atoms with van der Waals surface area (Å²) in [5.74, 6) is -4.11. The summed E-state index contributed by atoms with van der Waals surface area (Å²) in [6.45, 7) is -0.0796. The van der Waals surface area contributed by atoms with E-state index >= 15 is 0 Å². The van der Waals surface area contributed by atoms with Crippen LogP contribution in [0, 0.1) is 11.6 Å². The Kier molecular flexibility index (Phi) is 3.52. The smallest absolute Gasteiger partial charge is 0.335 e. The van der Waals surface area contributed by atoms with Crippen molar-refractivity contribution in [1.29, 1.82) is 0 Å². The van der Waals surface area contributed by atoms with Gasteiger partial charge in [-0.25, -0.2) is 18.6 Å². The molecule has 1 heterocycles. The van der Waals surface area contributed by atoms with Crippen molar-refractivity contribution in [2.45, 2.75) is 6.61 Å². The third kappa shape index (κ3) is 2.62. The Balaban J connectivity index is 2.20. The molecule has 0 aliphatic heterocycles. The van der Waals surface area contributed by atoms with Gasteiger partial charge in [-0.1, -0.05) is 0 Å². The normalized spacial score (nSPS) is 10.3. The van der Waals surface area contributed by atoms with Crippen LogP contribution >= 0.6 is 11.3 Å². The molecule has 0 fully saturated rings. The van der Waals surface area contributed by atoms with Crippen molar-refractivity contribution in [3.05, 3.63) is 45.9 Å². The van der Waals surface area contributed by atoms with E-state index in [0.717, 1.165) is 0 Å². The summed E-state index contributed by atoms with van der Waals surface area (Å²) in [5, 5.41) is 10.3. The van der Waals surface area contributed by atoms with E-state index in [1.165, 1.54) is 11.3 Å². The number of benzene rings is 1. The van der Waals surface area contributed by atoms with E-state index in [-0.39, 0.29) is 6.61 Å². The predicted molar refractivity (Wildman–Crippen MR) is 59.8 cm³/mol. The lowest BCUT2D eigenvalue weighted by Crippen LogP contribution is -2.04. The molecule has 0 aliphatic rings. The van der Waals surface area contributed by atoms with E-state index < -0.39 is 28.9 Å². The van der Waals surface area contributed by atoms with Crippen LogP contribution in [0.3, 0.4) is 0 Å². The maximum atomic E-state index is 13.5. The Morgan fingerprint density at radius 2 is 2.06 bits per heavy atom. The number of aromatic carboxylic acids is 1. The third-order valence-electron chi connectivity index (χ3n) is 2.09. The van der Waals surface area contributed by atoms with E-state index in [9.17, 15) is 13.6 Å². The maximum Gasteiger partial charge on any atom is 0.335 e.